The molecule has 0 radical (unpaired) electrons. The maximum Gasteiger partial charge on any atom is 0.293 e. The lowest BCUT2D eigenvalue weighted by atomic mass is 10.3. The molecule has 1 N–H and O–H groups in total. The van der Waals surface area contributed by atoms with Gasteiger partial charge in [-0.1, -0.05) is 10.4 Å². The van der Waals surface area contributed by atoms with Gasteiger partial charge in [0.2, 0.25) is 0 Å². The molecular weight excluding hydrogens is 262 g/mol. The van der Waals surface area contributed by atoms with E-state index in [1.54, 1.807) is 29.3 Å². The SMILES string of the molecule is OCCCc1cn(Cc2noc(-c3ccco3)n2)nn1. The van der Waals surface area contributed by atoms with Gasteiger partial charge in [-0.3, -0.25) is 0 Å². The Balaban J connectivity index is 1.67. The molecule has 3 aromatic heterocycles. The molecule has 3 aromatic rings. The van der Waals surface area contributed by atoms with E-state index < -0.39 is 0 Å². The van der Waals surface area contributed by atoms with Crippen molar-refractivity contribution in [1.82, 2.24) is 25.1 Å². The topological polar surface area (TPSA) is 103 Å². The Hall–Kier alpha value is -2.48. The Morgan fingerprint density at radius 3 is 3.10 bits per heavy atom. The van der Waals surface area contributed by atoms with Crippen LogP contribution >= 0.6 is 0 Å². The summed E-state index contributed by atoms with van der Waals surface area (Å²) in [6.07, 6.45) is 4.71. The van der Waals surface area contributed by atoms with Crippen LogP contribution in [0.1, 0.15) is 17.9 Å². The predicted octanol–water partition coefficient (Wildman–Crippen LogP) is 0.894. The first-order valence-corrected chi connectivity index (χ1v) is 6.21. The van der Waals surface area contributed by atoms with Gasteiger partial charge in [-0.2, -0.15) is 4.98 Å². The van der Waals surface area contributed by atoms with Crippen molar-refractivity contribution in [3.05, 3.63) is 36.1 Å². The Morgan fingerprint density at radius 1 is 1.35 bits per heavy atom. The number of furan rings is 1. The first-order chi connectivity index (χ1) is 9.85. The van der Waals surface area contributed by atoms with E-state index in [0.717, 1.165) is 5.69 Å². The second kappa shape index (κ2) is 5.66. The average Bonchev–Trinajstić information content (AvgIpc) is 3.18. The van der Waals surface area contributed by atoms with Crippen molar-refractivity contribution in [1.29, 1.82) is 0 Å². The highest BCUT2D eigenvalue weighted by Crippen LogP contribution is 2.17. The minimum Gasteiger partial charge on any atom is -0.459 e. The van der Waals surface area contributed by atoms with E-state index in [2.05, 4.69) is 20.5 Å². The summed E-state index contributed by atoms with van der Waals surface area (Å²) in [7, 11) is 0. The van der Waals surface area contributed by atoms with E-state index in [0.29, 0.717) is 36.9 Å². The maximum atomic E-state index is 8.77. The van der Waals surface area contributed by atoms with Crippen LogP contribution in [0, 0.1) is 0 Å². The van der Waals surface area contributed by atoms with Crippen LogP contribution in [-0.2, 0) is 13.0 Å². The highest BCUT2D eigenvalue weighted by Gasteiger charge is 2.12. The third kappa shape index (κ3) is 2.75. The van der Waals surface area contributed by atoms with Crippen LogP contribution in [0.25, 0.3) is 11.7 Å². The molecule has 20 heavy (non-hydrogen) atoms. The minimum absolute atomic E-state index is 0.143. The lowest BCUT2D eigenvalue weighted by Crippen LogP contribution is -2.02. The van der Waals surface area contributed by atoms with Gasteiger partial charge in [-0.05, 0) is 25.0 Å². The molecule has 0 amide bonds. The van der Waals surface area contributed by atoms with E-state index in [4.69, 9.17) is 14.0 Å². The van der Waals surface area contributed by atoms with Crippen LogP contribution in [0.15, 0.2) is 33.5 Å². The second-order valence-electron chi connectivity index (χ2n) is 4.23. The number of aliphatic hydroxyl groups excluding tert-OH is 1. The molecule has 0 aromatic carbocycles. The normalized spacial score (nSPS) is 11.1. The van der Waals surface area contributed by atoms with Crippen molar-refractivity contribution >= 4 is 0 Å². The zero-order chi connectivity index (χ0) is 13.8. The lowest BCUT2D eigenvalue weighted by molar-refractivity contribution is 0.288. The van der Waals surface area contributed by atoms with E-state index in [1.807, 2.05) is 0 Å². The number of hydrogen-bond acceptors (Lipinski definition) is 7. The monoisotopic (exact) mass is 275 g/mol. The summed E-state index contributed by atoms with van der Waals surface area (Å²) in [6.45, 7) is 0.514. The fourth-order valence-electron chi connectivity index (χ4n) is 1.75. The number of nitrogens with zero attached hydrogens (tertiary/aromatic N) is 5. The van der Waals surface area contributed by atoms with Gasteiger partial charge in [0.15, 0.2) is 11.6 Å². The highest BCUT2D eigenvalue weighted by molar-refractivity contribution is 5.42. The third-order valence-corrected chi connectivity index (χ3v) is 2.68. The lowest BCUT2D eigenvalue weighted by Gasteiger charge is -1.92. The van der Waals surface area contributed by atoms with Crippen molar-refractivity contribution in [3.8, 4) is 11.7 Å². The first kappa shape index (κ1) is 12.5. The number of hydrogen-bond donors (Lipinski definition) is 1. The van der Waals surface area contributed by atoms with E-state index in [1.165, 1.54) is 0 Å². The molecule has 3 rings (SSSR count). The molecule has 0 saturated carbocycles. The standard InChI is InChI=1S/C12H13N5O3/c18-5-1-3-9-7-17(16-14-9)8-11-13-12(20-15-11)10-4-2-6-19-10/h2,4,6-7,18H,1,3,5,8H2. The van der Waals surface area contributed by atoms with Crippen LogP contribution in [0.2, 0.25) is 0 Å². The molecule has 8 nitrogen and oxygen atoms in total. The summed E-state index contributed by atoms with van der Waals surface area (Å²) in [4.78, 5) is 4.22. The van der Waals surface area contributed by atoms with Gasteiger partial charge in [0, 0.05) is 12.8 Å². The molecule has 3 heterocycles. The van der Waals surface area contributed by atoms with Gasteiger partial charge < -0.3 is 14.0 Å². The zero-order valence-corrected chi connectivity index (χ0v) is 10.6. The first-order valence-electron chi connectivity index (χ1n) is 6.21. The van der Waals surface area contributed by atoms with Gasteiger partial charge in [-0.15, -0.1) is 5.10 Å². The summed E-state index contributed by atoms with van der Waals surface area (Å²) in [5, 5.41) is 20.6. The largest absolute Gasteiger partial charge is 0.459 e. The molecule has 0 spiro atoms. The molecule has 0 fully saturated rings. The molecular formula is C12H13N5O3. The van der Waals surface area contributed by atoms with Gasteiger partial charge in [-0.25, -0.2) is 4.68 Å². The maximum absolute atomic E-state index is 8.77. The summed E-state index contributed by atoms with van der Waals surface area (Å²) in [5.74, 6) is 1.37. The summed E-state index contributed by atoms with van der Waals surface area (Å²) < 4.78 is 11.9. The highest BCUT2D eigenvalue weighted by atomic mass is 16.5. The van der Waals surface area contributed by atoms with Crippen molar-refractivity contribution in [2.45, 2.75) is 19.4 Å². The smallest absolute Gasteiger partial charge is 0.293 e. The van der Waals surface area contributed by atoms with Crippen LogP contribution < -0.4 is 0 Å². The second-order valence-corrected chi connectivity index (χ2v) is 4.23. The number of aryl methyl sites for hydroxylation is 1. The predicted molar refractivity (Wildman–Crippen MR) is 66.5 cm³/mol. The van der Waals surface area contributed by atoms with Crippen LogP contribution in [0.3, 0.4) is 0 Å². The fourth-order valence-corrected chi connectivity index (χ4v) is 1.75. The average molecular weight is 275 g/mol. The number of aromatic nitrogens is 5. The van der Waals surface area contributed by atoms with Crippen LogP contribution in [-0.4, -0.2) is 36.8 Å². The van der Waals surface area contributed by atoms with E-state index >= 15 is 0 Å². The quantitative estimate of drug-likeness (QED) is 0.712. The molecule has 0 atom stereocenters. The Bertz CT molecular complexity index is 658. The van der Waals surface area contributed by atoms with Crippen molar-refractivity contribution in [3.63, 3.8) is 0 Å². The summed E-state index contributed by atoms with van der Waals surface area (Å²) in [6, 6.07) is 3.50. The van der Waals surface area contributed by atoms with E-state index in [-0.39, 0.29) is 6.61 Å². The molecule has 104 valence electrons. The van der Waals surface area contributed by atoms with Gasteiger partial charge >= 0.3 is 0 Å². The molecule has 0 unspecified atom stereocenters. The molecule has 0 bridgehead atoms. The third-order valence-electron chi connectivity index (χ3n) is 2.68. The Kier molecular flexibility index (Phi) is 3.55. The summed E-state index contributed by atoms with van der Waals surface area (Å²) in [5.41, 5.74) is 0.828. The fraction of sp³-hybridized carbons (Fsp3) is 0.333. The Morgan fingerprint density at radius 2 is 2.30 bits per heavy atom. The molecule has 0 saturated heterocycles. The van der Waals surface area contributed by atoms with Crippen LogP contribution in [0.5, 0.6) is 0 Å². The number of aliphatic hydroxyl groups is 1. The van der Waals surface area contributed by atoms with Gasteiger partial charge in [0.05, 0.1) is 12.0 Å². The number of rotatable bonds is 6. The molecule has 0 aliphatic carbocycles. The van der Waals surface area contributed by atoms with Gasteiger partial charge in [0.1, 0.15) is 6.54 Å². The van der Waals surface area contributed by atoms with Crippen molar-refractivity contribution in [2.75, 3.05) is 6.61 Å². The minimum atomic E-state index is 0.143. The van der Waals surface area contributed by atoms with Gasteiger partial charge in [0.25, 0.3) is 5.89 Å². The van der Waals surface area contributed by atoms with E-state index in [9.17, 15) is 0 Å². The van der Waals surface area contributed by atoms with Crippen LogP contribution in [0.4, 0.5) is 0 Å². The molecule has 0 aliphatic heterocycles. The van der Waals surface area contributed by atoms with Crippen molar-refractivity contribution < 1.29 is 14.0 Å². The zero-order valence-electron chi connectivity index (χ0n) is 10.6. The van der Waals surface area contributed by atoms with Crippen molar-refractivity contribution in [2.24, 2.45) is 0 Å². The Labute approximate surface area is 114 Å². The molecule has 0 aliphatic rings. The summed E-state index contributed by atoms with van der Waals surface area (Å²) >= 11 is 0. The molecule has 8 heteroatoms.